The van der Waals surface area contributed by atoms with Crippen LogP contribution < -0.4 is 5.32 Å². The van der Waals surface area contributed by atoms with Crippen LogP contribution in [0.15, 0.2) is 67.0 Å². The molecule has 1 saturated carbocycles. The van der Waals surface area contributed by atoms with Gasteiger partial charge in [0.05, 0.1) is 0 Å². The van der Waals surface area contributed by atoms with E-state index < -0.39 is 0 Å². The summed E-state index contributed by atoms with van der Waals surface area (Å²) in [6.45, 7) is 8.05. The van der Waals surface area contributed by atoms with Crippen molar-refractivity contribution in [2.75, 3.05) is 18.4 Å². The van der Waals surface area contributed by atoms with Crippen LogP contribution in [0.3, 0.4) is 0 Å². The number of pyridine rings is 1. The number of fused-ring (bicyclic) bond motifs is 1. The van der Waals surface area contributed by atoms with Gasteiger partial charge in [-0.2, -0.15) is 5.10 Å². The van der Waals surface area contributed by atoms with Crippen molar-refractivity contribution < 1.29 is 9.18 Å². The molecule has 0 atom stereocenters. The number of aromatic nitrogens is 4. The van der Waals surface area contributed by atoms with Gasteiger partial charge in [0.25, 0.3) is 0 Å². The molecule has 8 heteroatoms. The van der Waals surface area contributed by atoms with Crippen LogP contribution in [0.1, 0.15) is 52.0 Å². The standard InChI is InChI=1S/C35H39FN6O/c1-4-41(5-2)35(43)38-27-14-11-24(12-15-27)33-30(22-42(6-3)40-33)28-17-18-37-34-29(28)21-32(39-34)25-13-16-31(36)26(20-25)19-23-9-7-8-10-23/h11-18,20-23H,4-10,19H2,1-3H3,(H,37,39)(H,38,43). The maximum Gasteiger partial charge on any atom is 0.321 e. The first-order chi connectivity index (χ1) is 21.0. The Morgan fingerprint density at radius 2 is 1.74 bits per heavy atom. The number of H-pyrrole nitrogens is 1. The summed E-state index contributed by atoms with van der Waals surface area (Å²) in [6.07, 6.45) is 9.54. The number of hydrogen-bond acceptors (Lipinski definition) is 3. The van der Waals surface area contributed by atoms with Crippen molar-refractivity contribution in [2.24, 2.45) is 5.92 Å². The first-order valence-corrected chi connectivity index (χ1v) is 15.5. The van der Waals surface area contributed by atoms with Crippen molar-refractivity contribution in [1.82, 2.24) is 24.6 Å². The number of nitrogens with one attached hydrogen (secondary N) is 2. The van der Waals surface area contributed by atoms with E-state index in [0.29, 0.717) is 19.0 Å². The van der Waals surface area contributed by atoms with Crippen molar-refractivity contribution in [3.05, 3.63) is 78.4 Å². The molecule has 0 aliphatic heterocycles. The number of nitrogens with zero attached hydrogens (tertiary/aromatic N) is 4. The van der Waals surface area contributed by atoms with Crippen molar-refractivity contribution >= 4 is 22.8 Å². The van der Waals surface area contributed by atoms with E-state index in [-0.39, 0.29) is 11.8 Å². The van der Waals surface area contributed by atoms with Gasteiger partial charge >= 0.3 is 6.03 Å². The summed E-state index contributed by atoms with van der Waals surface area (Å²) in [6, 6.07) is 17.3. The second-order valence-corrected chi connectivity index (χ2v) is 11.4. The molecule has 0 saturated heterocycles. The van der Waals surface area contributed by atoms with Gasteiger partial charge in [-0.25, -0.2) is 14.2 Å². The Balaban J connectivity index is 1.33. The third kappa shape index (κ3) is 5.91. The zero-order valence-corrected chi connectivity index (χ0v) is 25.2. The van der Waals surface area contributed by atoms with Gasteiger partial charge in [-0.1, -0.05) is 37.8 Å². The molecule has 3 aromatic heterocycles. The normalized spacial score (nSPS) is 13.6. The number of rotatable bonds is 9. The minimum atomic E-state index is -0.124. The fourth-order valence-electron chi connectivity index (χ4n) is 6.26. The molecular formula is C35H39FN6O. The van der Waals surface area contributed by atoms with Gasteiger partial charge in [0.1, 0.15) is 17.2 Å². The molecule has 0 bridgehead atoms. The fraction of sp³-hybridized carbons (Fsp3) is 0.343. The third-order valence-corrected chi connectivity index (χ3v) is 8.71. The number of halogens is 1. The highest BCUT2D eigenvalue weighted by Crippen LogP contribution is 2.37. The van der Waals surface area contributed by atoms with Gasteiger partial charge in [0.15, 0.2) is 0 Å². The van der Waals surface area contributed by atoms with E-state index in [1.54, 1.807) is 11.0 Å². The van der Waals surface area contributed by atoms with Crippen LogP contribution in [0, 0.1) is 11.7 Å². The highest BCUT2D eigenvalue weighted by molar-refractivity contribution is 5.99. The molecule has 7 nitrogen and oxygen atoms in total. The quantitative estimate of drug-likeness (QED) is 0.184. The SMILES string of the molecule is CCN(CC)C(=O)Nc1ccc(-c2nn(CC)cc2-c2ccnc3[nH]c(-c4ccc(F)c(CC5CCCC5)c4)cc23)cc1. The van der Waals surface area contributed by atoms with Gasteiger partial charge < -0.3 is 15.2 Å². The second kappa shape index (κ2) is 12.4. The summed E-state index contributed by atoms with van der Waals surface area (Å²) in [7, 11) is 0. The number of amides is 2. The molecule has 1 aliphatic rings. The molecule has 3 heterocycles. The van der Waals surface area contributed by atoms with Crippen LogP contribution >= 0.6 is 0 Å². The lowest BCUT2D eigenvalue weighted by atomic mass is 9.95. The topological polar surface area (TPSA) is 78.8 Å². The minimum Gasteiger partial charge on any atom is -0.339 e. The monoisotopic (exact) mass is 578 g/mol. The Morgan fingerprint density at radius 3 is 2.47 bits per heavy atom. The molecule has 5 aromatic rings. The molecule has 0 radical (unpaired) electrons. The molecule has 2 aromatic carbocycles. The fourth-order valence-corrected chi connectivity index (χ4v) is 6.26. The average Bonchev–Trinajstić information content (AvgIpc) is 3.79. The van der Waals surface area contributed by atoms with Gasteiger partial charge in [0.2, 0.25) is 0 Å². The van der Waals surface area contributed by atoms with Crippen molar-refractivity contribution in [1.29, 1.82) is 0 Å². The van der Waals surface area contributed by atoms with Crippen LogP contribution in [0.2, 0.25) is 0 Å². The molecule has 1 aliphatic carbocycles. The zero-order chi connectivity index (χ0) is 29.9. The van der Waals surface area contributed by atoms with Crippen LogP contribution in [-0.4, -0.2) is 43.8 Å². The van der Waals surface area contributed by atoms with E-state index in [0.717, 1.165) is 68.9 Å². The number of carbonyl (C=O) groups excluding carboxylic acids is 1. The zero-order valence-electron chi connectivity index (χ0n) is 25.2. The summed E-state index contributed by atoms with van der Waals surface area (Å²) in [5.41, 5.74) is 8.03. The first-order valence-electron chi connectivity index (χ1n) is 15.5. The number of aryl methyl sites for hydroxylation is 1. The molecule has 2 amide bonds. The van der Waals surface area contributed by atoms with Crippen molar-refractivity contribution in [3.63, 3.8) is 0 Å². The lowest BCUT2D eigenvalue weighted by Crippen LogP contribution is -2.34. The van der Waals surface area contributed by atoms with Crippen molar-refractivity contribution in [2.45, 2.75) is 59.4 Å². The number of urea groups is 1. The van der Waals surface area contributed by atoms with E-state index in [9.17, 15) is 9.18 Å². The Morgan fingerprint density at radius 1 is 1.00 bits per heavy atom. The van der Waals surface area contributed by atoms with Crippen molar-refractivity contribution in [3.8, 4) is 33.6 Å². The molecule has 222 valence electrons. The molecule has 1 fully saturated rings. The van der Waals surface area contributed by atoms with E-state index in [1.165, 1.54) is 25.7 Å². The van der Waals surface area contributed by atoms with Crippen LogP contribution in [0.4, 0.5) is 14.9 Å². The third-order valence-electron chi connectivity index (χ3n) is 8.71. The first kappa shape index (κ1) is 28.6. The van der Waals surface area contributed by atoms with Crippen LogP contribution in [-0.2, 0) is 13.0 Å². The summed E-state index contributed by atoms with van der Waals surface area (Å²) in [5, 5.41) is 8.88. The highest BCUT2D eigenvalue weighted by Gasteiger charge is 2.20. The Kier molecular flexibility index (Phi) is 8.27. The Bertz CT molecular complexity index is 1730. The lowest BCUT2D eigenvalue weighted by molar-refractivity contribution is 0.217. The number of hydrogen-bond donors (Lipinski definition) is 2. The number of benzene rings is 2. The van der Waals surface area contributed by atoms with Gasteiger partial charge in [-0.15, -0.1) is 0 Å². The van der Waals surface area contributed by atoms with E-state index in [4.69, 9.17) is 5.10 Å². The molecule has 0 spiro atoms. The van der Waals surface area contributed by atoms with Gasteiger partial charge in [-0.05, 0) is 92.3 Å². The summed E-state index contributed by atoms with van der Waals surface area (Å²) in [4.78, 5) is 22.4. The summed E-state index contributed by atoms with van der Waals surface area (Å²) < 4.78 is 16.7. The molecule has 0 unspecified atom stereocenters. The number of anilines is 1. The number of aromatic amines is 1. The minimum absolute atomic E-state index is 0.108. The average molecular weight is 579 g/mol. The smallest absolute Gasteiger partial charge is 0.321 e. The maximum absolute atomic E-state index is 14.8. The van der Waals surface area contributed by atoms with Gasteiger partial charge in [0, 0.05) is 59.9 Å². The predicted molar refractivity (Wildman–Crippen MR) is 171 cm³/mol. The second-order valence-electron chi connectivity index (χ2n) is 11.4. The molecule has 6 rings (SSSR count). The van der Waals surface area contributed by atoms with Gasteiger partial charge in [-0.3, -0.25) is 4.68 Å². The molecule has 43 heavy (non-hydrogen) atoms. The number of carbonyl (C=O) groups is 1. The molecular weight excluding hydrogens is 539 g/mol. The van der Waals surface area contributed by atoms with Crippen LogP contribution in [0.5, 0.6) is 0 Å². The van der Waals surface area contributed by atoms with Crippen LogP contribution in [0.25, 0.3) is 44.7 Å². The summed E-state index contributed by atoms with van der Waals surface area (Å²) in [5.74, 6) is 0.447. The highest BCUT2D eigenvalue weighted by atomic mass is 19.1. The van der Waals surface area contributed by atoms with E-state index in [2.05, 4.69) is 34.5 Å². The molecule has 2 N–H and O–H groups in total. The Labute approximate surface area is 252 Å². The predicted octanol–water partition coefficient (Wildman–Crippen LogP) is 8.53. The largest absolute Gasteiger partial charge is 0.339 e. The van der Waals surface area contributed by atoms with E-state index in [1.807, 2.05) is 67.2 Å². The maximum atomic E-state index is 14.8. The lowest BCUT2D eigenvalue weighted by Gasteiger charge is -2.19. The Hall–Kier alpha value is -4.46. The summed E-state index contributed by atoms with van der Waals surface area (Å²) >= 11 is 0. The van der Waals surface area contributed by atoms with E-state index >= 15 is 0 Å².